The Balaban J connectivity index is 1.85. The highest BCUT2D eigenvalue weighted by atomic mass is 32.1. The van der Waals surface area contributed by atoms with Crippen molar-refractivity contribution in [3.63, 3.8) is 0 Å². The van der Waals surface area contributed by atoms with E-state index in [0.29, 0.717) is 5.11 Å². The van der Waals surface area contributed by atoms with Gasteiger partial charge < -0.3 is 15.0 Å². The van der Waals surface area contributed by atoms with E-state index in [1.807, 2.05) is 48.7 Å². The summed E-state index contributed by atoms with van der Waals surface area (Å²) in [6, 6.07) is 18.3. The highest BCUT2D eigenvalue weighted by Crippen LogP contribution is 2.45. The van der Waals surface area contributed by atoms with Gasteiger partial charge in [0.25, 0.3) is 0 Å². The average Bonchev–Trinajstić information content (AvgIpc) is 3.25. The van der Waals surface area contributed by atoms with Crippen molar-refractivity contribution in [3.05, 3.63) is 76.2 Å². The smallest absolute Gasteiger partial charge is 0.174 e. The molecule has 2 aromatic heterocycles. The van der Waals surface area contributed by atoms with E-state index in [-0.39, 0.29) is 12.1 Å². The third kappa shape index (κ3) is 2.95. The second-order valence-electron chi connectivity index (χ2n) is 6.12. The van der Waals surface area contributed by atoms with Gasteiger partial charge in [-0.2, -0.15) is 0 Å². The molecule has 132 valence electrons. The van der Waals surface area contributed by atoms with E-state index in [1.54, 1.807) is 18.4 Å². The number of ether oxygens (including phenoxy) is 1. The molecule has 0 amide bonds. The molecule has 1 saturated heterocycles. The maximum absolute atomic E-state index is 5.73. The second-order valence-corrected chi connectivity index (χ2v) is 7.82. The molecule has 4 nitrogen and oxygen atoms in total. The molecule has 6 heteroatoms. The standard InChI is InChI=1S/C20H19N3OS2/c1-13-10-11-17(26-13)19-18(14-7-5-6-12-21-14)22-20(25)23(19)15-8-3-4-9-16(15)24-2/h3-12,18-19H,1-2H3,(H,22,25)/t18-,19-/m0/s1. The third-order valence-electron chi connectivity index (χ3n) is 4.50. The van der Waals surface area contributed by atoms with Crippen LogP contribution >= 0.6 is 23.6 Å². The molecule has 4 rings (SSSR count). The molecule has 2 atom stereocenters. The molecule has 26 heavy (non-hydrogen) atoms. The van der Waals surface area contributed by atoms with Crippen LogP contribution in [0.4, 0.5) is 5.69 Å². The number of aromatic nitrogens is 1. The zero-order chi connectivity index (χ0) is 18.1. The number of nitrogens with zero attached hydrogens (tertiary/aromatic N) is 2. The van der Waals surface area contributed by atoms with Crippen molar-refractivity contribution >= 4 is 34.4 Å². The molecule has 0 saturated carbocycles. The van der Waals surface area contributed by atoms with Gasteiger partial charge in [0, 0.05) is 16.0 Å². The molecular formula is C20H19N3OS2. The minimum atomic E-state index is -0.0216. The maximum Gasteiger partial charge on any atom is 0.174 e. The fourth-order valence-electron chi connectivity index (χ4n) is 3.34. The molecule has 0 radical (unpaired) electrons. The van der Waals surface area contributed by atoms with Gasteiger partial charge in [0.2, 0.25) is 0 Å². The first-order chi connectivity index (χ1) is 12.7. The molecule has 0 spiro atoms. The van der Waals surface area contributed by atoms with E-state index >= 15 is 0 Å². The fraction of sp³-hybridized carbons (Fsp3) is 0.200. The van der Waals surface area contributed by atoms with Crippen LogP contribution in [-0.2, 0) is 0 Å². The number of anilines is 1. The van der Waals surface area contributed by atoms with Crippen LogP contribution in [0.15, 0.2) is 60.8 Å². The molecule has 0 unspecified atom stereocenters. The van der Waals surface area contributed by atoms with Crippen LogP contribution in [0.3, 0.4) is 0 Å². The monoisotopic (exact) mass is 381 g/mol. The molecule has 3 aromatic rings. The number of para-hydroxylation sites is 2. The lowest BCUT2D eigenvalue weighted by Crippen LogP contribution is -2.29. The Kier molecular flexibility index (Phi) is 4.61. The number of hydrogen-bond acceptors (Lipinski definition) is 4. The highest BCUT2D eigenvalue weighted by Gasteiger charge is 2.42. The zero-order valence-electron chi connectivity index (χ0n) is 14.5. The number of rotatable bonds is 4. The second kappa shape index (κ2) is 7.05. The molecule has 1 aliphatic rings. The Hall–Kier alpha value is -2.44. The molecule has 1 aromatic carbocycles. The Morgan fingerprint density at radius 1 is 1.12 bits per heavy atom. The summed E-state index contributed by atoms with van der Waals surface area (Å²) in [5, 5.41) is 4.16. The van der Waals surface area contributed by atoms with Crippen molar-refractivity contribution in [1.82, 2.24) is 10.3 Å². The van der Waals surface area contributed by atoms with Crippen LogP contribution in [0, 0.1) is 6.92 Å². The predicted octanol–water partition coefficient (Wildman–Crippen LogP) is 4.64. The van der Waals surface area contributed by atoms with Crippen molar-refractivity contribution in [2.75, 3.05) is 12.0 Å². The van der Waals surface area contributed by atoms with Gasteiger partial charge in [-0.15, -0.1) is 11.3 Å². The van der Waals surface area contributed by atoms with Crippen molar-refractivity contribution in [3.8, 4) is 5.75 Å². The van der Waals surface area contributed by atoms with E-state index in [0.717, 1.165) is 17.1 Å². The minimum Gasteiger partial charge on any atom is -0.495 e. The third-order valence-corrected chi connectivity index (χ3v) is 5.88. The number of benzene rings is 1. The van der Waals surface area contributed by atoms with Gasteiger partial charge in [-0.3, -0.25) is 4.98 Å². The quantitative estimate of drug-likeness (QED) is 0.667. The molecule has 1 aliphatic heterocycles. The summed E-state index contributed by atoms with van der Waals surface area (Å²) < 4.78 is 5.60. The van der Waals surface area contributed by atoms with Crippen LogP contribution in [-0.4, -0.2) is 17.2 Å². The number of hydrogen-bond donors (Lipinski definition) is 1. The lowest BCUT2D eigenvalue weighted by atomic mass is 10.0. The van der Waals surface area contributed by atoms with Crippen LogP contribution in [0.25, 0.3) is 0 Å². The summed E-state index contributed by atoms with van der Waals surface area (Å²) in [7, 11) is 1.69. The van der Waals surface area contributed by atoms with E-state index in [1.165, 1.54) is 9.75 Å². The molecule has 0 bridgehead atoms. The Morgan fingerprint density at radius 3 is 2.62 bits per heavy atom. The van der Waals surface area contributed by atoms with Gasteiger partial charge in [0.15, 0.2) is 5.11 Å². The van der Waals surface area contributed by atoms with Gasteiger partial charge >= 0.3 is 0 Å². The minimum absolute atomic E-state index is 0.0207. The maximum atomic E-state index is 5.73. The zero-order valence-corrected chi connectivity index (χ0v) is 16.2. The van der Waals surface area contributed by atoms with Gasteiger partial charge in [-0.25, -0.2) is 0 Å². The molecule has 3 heterocycles. The Bertz CT molecular complexity index is 926. The fourth-order valence-corrected chi connectivity index (χ4v) is 4.69. The SMILES string of the molecule is COc1ccccc1N1C(=S)N[C@@H](c2ccccn2)[C@@H]1c1ccc(C)s1. The van der Waals surface area contributed by atoms with Crippen LogP contribution in [0.2, 0.25) is 0 Å². The van der Waals surface area contributed by atoms with Crippen molar-refractivity contribution in [1.29, 1.82) is 0 Å². The van der Waals surface area contributed by atoms with E-state index in [4.69, 9.17) is 17.0 Å². The van der Waals surface area contributed by atoms with Crippen molar-refractivity contribution in [2.24, 2.45) is 0 Å². The molecule has 1 N–H and O–H groups in total. The highest BCUT2D eigenvalue weighted by molar-refractivity contribution is 7.80. The number of nitrogens with one attached hydrogen (secondary N) is 1. The van der Waals surface area contributed by atoms with Gasteiger partial charge in [-0.1, -0.05) is 18.2 Å². The topological polar surface area (TPSA) is 37.4 Å². The molecule has 1 fully saturated rings. The first kappa shape index (κ1) is 17.0. The van der Waals surface area contributed by atoms with Gasteiger partial charge in [-0.05, 0) is 55.5 Å². The van der Waals surface area contributed by atoms with E-state index < -0.39 is 0 Å². The number of thiocarbonyl (C=S) groups is 1. The molecule has 0 aliphatic carbocycles. The summed E-state index contributed by atoms with van der Waals surface area (Å²) in [4.78, 5) is 9.25. The summed E-state index contributed by atoms with van der Waals surface area (Å²) in [6.45, 7) is 2.12. The largest absolute Gasteiger partial charge is 0.495 e. The number of pyridine rings is 1. The van der Waals surface area contributed by atoms with Gasteiger partial charge in [0.05, 0.1) is 30.6 Å². The Labute approximate surface area is 162 Å². The van der Waals surface area contributed by atoms with Crippen LogP contribution in [0.1, 0.15) is 27.5 Å². The van der Waals surface area contributed by atoms with Crippen molar-refractivity contribution in [2.45, 2.75) is 19.0 Å². The van der Waals surface area contributed by atoms with Crippen LogP contribution in [0.5, 0.6) is 5.75 Å². The lowest BCUT2D eigenvalue weighted by Gasteiger charge is -2.28. The van der Waals surface area contributed by atoms with Crippen LogP contribution < -0.4 is 15.0 Å². The first-order valence-corrected chi connectivity index (χ1v) is 9.61. The van der Waals surface area contributed by atoms with E-state index in [9.17, 15) is 0 Å². The van der Waals surface area contributed by atoms with E-state index in [2.05, 4.69) is 34.3 Å². The lowest BCUT2D eigenvalue weighted by molar-refractivity contribution is 0.414. The summed E-state index contributed by atoms with van der Waals surface area (Å²) in [6.07, 6.45) is 1.82. The average molecular weight is 382 g/mol. The number of methoxy groups -OCH3 is 1. The number of thiophene rings is 1. The van der Waals surface area contributed by atoms with Gasteiger partial charge in [0.1, 0.15) is 5.75 Å². The normalized spacial score (nSPS) is 19.5. The summed E-state index contributed by atoms with van der Waals surface area (Å²) >= 11 is 7.51. The summed E-state index contributed by atoms with van der Waals surface area (Å²) in [5.74, 6) is 0.802. The summed E-state index contributed by atoms with van der Waals surface area (Å²) in [5.41, 5.74) is 1.94. The first-order valence-electron chi connectivity index (χ1n) is 8.39. The Morgan fingerprint density at radius 2 is 1.92 bits per heavy atom. The van der Waals surface area contributed by atoms with Crippen molar-refractivity contribution < 1.29 is 4.74 Å². The molecular weight excluding hydrogens is 362 g/mol. The number of aryl methyl sites for hydroxylation is 1. The predicted molar refractivity (Wildman–Crippen MR) is 110 cm³/mol.